The highest BCUT2D eigenvalue weighted by atomic mass is 16.4. The van der Waals surface area contributed by atoms with Crippen molar-refractivity contribution < 1.29 is 30.0 Å². The Morgan fingerprint density at radius 1 is 1.26 bits per heavy atom. The fourth-order valence-corrected chi connectivity index (χ4v) is 7.32. The molecule has 27 heavy (non-hydrogen) atoms. The Balaban J connectivity index is 1.77. The fourth-order valence-electron chi connectivity index (χ4n) is 7.32. The molecule has 0 aromatic rings. The molecule has 4 aliphatic carbocycles. The number of fused-ring (bicyclic) bond motifs is 5. The highest BCUT2D eigenvalue weighted by Crippen LogP contribution is 2.67. The van der Waals surface area contributed by atoms with E-state index < -0.39 is 35.6 Å². The lowest BCUT2D eigenvalue weighted by atomic mass is 9.45. The molecule has 150 valence electrons. The Bertz CT molecular complexity index is 715. The first-order valence-corrected chi connectivity index (χ1v) is 10.1. The molecule has 2 unspecified atom stereocenters. The van der Waals surface area contributed by atoms with E-state index in [1.165, 1.54) is 0 Å². The molecule has 0 aromatic heterocycles. The largest absolute Gasteiger partial charge is 0.393 e. The monoisotopic (exact) mass is 378 g/mol. The van der Waals surface area contributed by atoms with Crippen LogP contribution >= 0.6 is 0 Å². The maximum Gasteiger partial charge on any atom is 0.192 e. The van der Waals surface area contributed by atoms with Crippen LogP contribution in [-0.2, 0) is 9.59 Å². The van der Waals surface area contributed by atoms with Crippen LogP contribution in [0.3, 0.4) is 0 Å². The summed E-state index contributed by atoms with van der Waals surface area (Å²) < 4.78 is 0. The van der Waals surface area contributed by atoms with E-state index >= 15 is 0 Å². The Hall–Kier alpha value is -1.08. The third kappa shape index (κ3) is 2.27. The minimum atomic E-state index is -2.03. The van der Waals surface area contributed by atoms with Crippen molar-refractivity contribution in [3.05, 3.63) is 11.6 Å². The standard InChI is InChI=1S/C21H30O6/c1-19-6-5-12(23)7-11(19)3-4-13-14-8-16(25)21(27,17(26)10-22)20(14,2)9-15(24)18(13)19/h7,13-16,18,22,24-25,27H,3-6,8-10H2,1-2H3/t13-,14-,15?,16?,18+,19-,20-,21-/m0/s1. The van der Waals surface area contributed by atoms with Gasteiger partial charge in [-0.25, -0.2) is 0 Å². The van der Waals surface area contributed by atoms with Gasteiger partial charge in [-0.15, -0.1) is 0 Å². The molecule has 3 fully saturated rings. The number of carbonyl (C=O) groups excluding carboxylic acids is 2. The first-order chi connectivity index (χ1) is 12.6. The molecule has 4 rings (SSSR count). The molecule has 0 bridgehead atoms. The van der Waals surface area contributed by atoms with Crippen LogP contribution in [0.15, 0.2) is 11.6 Å². The second-order valence-electron chi connectivity index (χ2n) is 9.68. The molecular formula is C21H30O6. The van der Waals surface area contributed by atoms with Crippen molar-refractivity contribution in [2.75, 3.05) is 6.61 Å². The molecule has 0 radical (unpaired) electrons. The van der Waals surface area contributed by atoms with Crippen molar-refractivity contribution in [3.8, 4) is 0 Å². The molecular weight excluding hydrogens is 348 g/mol. The van der Waals surface area contributed by atoms with Crippen molar-refractivity contribution in [1.29, 1.82) is 0 Å². The lowest BCUT2D eigenvalue weighted by Gasteiger charge is -2.60. The molecule has 0 spiro atoms. The van der Waals surface area contributed by atoms with Gasteiger partial charge in [-0.05, 0) is 61.3 Å². The van der Waals surface area contributed by atoms with Crippen molar-refractivity contribution in [2.45, 2.75) is 70.2 Å². The number of aliphatic hydroxyl groups is 4. The number of carbonyl (C=O) groups is 2. The quantitative estimate of drug-likeness (QED) is 0.564. The molecule has 4 aliphatic rings. The molecule has 0 aromatic carbocycles. The van der Waals surface area contributed by atoms with Crippen LogP contribution in [0.2, 0.25) is 0 Å². The molecule has 6 nitrogen and oxygen atoms in total. The summed E-state index contributed by atoms with van der Waals surface area (Å²) in [5, 5.41) is 42.4. The van der Waals surface area contributed by atoms with E-state index in [0.29, 0.717) is 19.3 Å². The van der Waals surface area contributed by atoms with Gasteiger partial charge in [-0.3, -0.25) is 9.59 Å². The van der Waals surface area contributed by atoms with E-state index in [1.54, 1.807) is 13.0 Å². The Morgan fingerprint density at radius 3 is 2.63 bits per heavy atom. The minimum Gasteiger partial charge on any atom is -0.393 e. The average molecular weight is 378 g/mol. The number of ketones is 2. The van der Waals surface area contributed by atoms with E-state index in [2.05, 4.69) is 6.92 Å². The topological polar surface area (TPSA) is 115 Å². The number of Topliss-reactive ketones (excluding diaryl/α,β-unsaturated/α-hetero) is 1. The molecule has 0 amide bonds. The van der Waals surface area contributed by atoms with Gasteiger partial charge >= 0.3 is 0 Å². The van der Waals surface area contributed by atoms with Crippen LogP contribution in [0, 0.1) is 28.6 Å². The average Bonchev–Trinajstić information content (AvgIpc) is 2.82. The molecule has 3 saturated carbocycles. The normalized spacial score (nSPS) is 51.9. The number of allylic oxidation sites excluding steroid dienone is 1. The molecule has 0 aliphatic heterocycles. The van der Waals surface area contributed by atoms with Gasteiger partial charge in [0.2, 0.25) is 0 Å². The second-order valence-corrected chi connectivity index (χ2v) is 9.68. The predicted molar refractivity (Wildman–Crippen MR) is 96.5 cm³/mol. The highest BCUT2D eigenvalue weighted by molar-refractivity contribution is 5.92. The predicted octanol–water partition coefficient (Wildman–Crippen LogP) is 0.752. The zero-order valence-electron chi connectivity index (χ0n) is 16.0. The second kappa shape index (κ2) is 5.96. The lowest BCUT2D eigenvalue weighted by Crippen LogP contribution is -2.64. The van der Waals surface area contributed by atoms with Gasteiger partial charge in [0.25, 0.3) is 0 Å². The molecule has 0 heterocycles. The molecule has 0 saturated heterocycles. The van der Waals surface area contributed by atoms with E-state index in [-0.39, 0.29) is 35.4 Å². The minimum absolute atomic E-state index is 0.0533. The lowest BCUT2D eigenvalue weighted by molar-refractivity contribution is -0.193. The van der Waals surface area contributed by atoms with Gasteiger partial charge in [0, 0.05) is 11.8 Å². The summed E-state index contributed by atoms with van der Waals surface area (Å²) in [4.78, 5) is 24.3. The summed E-state index contributed by atoms with van der Waals surface area (Å²) in [6, 6.07) is 0. The van der Waals surface area contributed by atoms with Crippen molar-refractivity contribution >= 4 is 11.6 Å². The Labute approximate surface area is 159 Å². The van der Waals surface area contributed by atoms with Gasteiger partial charge in [0.1, 0.15) is 6.61 Å². The van der Waals surface area contributed by atoms with E-state index in [1.807, 2.05) is 0 Å². The van der Waals surface area contributed by atoms with Gasteiger partial charge in [-0.1, -0.05) is 19.4 Å². The van der Waals surface area contributed by atoms with Gasteiger partial charge in [-0.2, -0.15) is 0 Å². The summed E-state index contributed by atoms with van der Waals surface area (Å²) in [6.45, 7) is 3.08. The summed E-state index contributed by atoms with van der Waals surface area (Å²) in [7, 11) is 0. The zero-order chi connectivity index (χ0) is 19.8. The Kier molecular flexibility index (Phi) is 4.25. The summed E-state index contributed by atoms with van der Waals surface area (Å²) in [5.74, 6) is -0.726. The van der Waals surface area contributed by atoms with Crippen LogP contribution in [0.1, 0.15) is 52.4 Å². The first-order valence-electron chi connectivity index (χ1n) is 10.1. The van der Waals surface area contributed by atoms with Crippen LogP contribution in [-0.4, -0.2) is 56.4 Å². The highest BCUT2D eigenvalue weighted by Gasteiger charge is 2.71. The van der Waals surface area contributed by atoms with Crippen LogP contribution in [0.25, 0.3) is 0 Å². The number of hydrogen-bond acceptors (Lipinski definition) is 6. The van der Waals surface area contributed by atoms with E-state index in [0.717, 1.165) is 18.4 Å². The molecule has 8 atom stereocenters. The Morgan fingerprint density at radius 2 is 1.96 bits per heavy atom. The van der Waals surface area contributed by atoms with E-state index in [4.69, 9.17) is 0 Å². The number of aliphatic hydroxyl groups excluding tert-OH is 3. The maximum atomic E-state index is 12.4. The summed E-state index contributed by atoms with van der Waals surface area (Å²) in [6.07, 6.45) is 3.01. The smallest absolute Gasteiger partial charge is 0.192 e. The van der Waals surface area contributed by atoms with Gasteiger partial charge < -0.3 is 20.4 Å². The number of hydrogen-bond donors (Lipinski definition) is 4. The van der Waals surface area contributed by atoms with Gasteiger partial charge in [0.15, 0.2) is 17.2 Å². The van der Waals surface area contributed by atoms with Crippen molar-refractivity contribution in [1.82, 2.24) is 0 Å². The fraction of sp³-hybridized carbons (Fsp3) is 0.810. The SMILES string of the molecule is C[C@]12CCC(=O)C=C1CC[C@@H]1[C@@H]2C(O)C[C@@]2(C)[C@H]1CC(O)[C@]2(O)C(=O)CO. The number of rotatable bonds is 2. The van der Waals surface area contributed by atoms with E-state index in [9.17, 15) is 30.0 Å². The van der Waals surface area contributed by atoms with Gasteiger partial charge in [0.05, 0.1) is 12.2 Å². The van der Waals surface area contributed by atoms with Crippen molar-refractivity contribution in [3.63, 3.8) is 0 Å². The summed E-state index contributed by atoms with van der Waals surface area (Å²) in [5.41, 5.74) is -2.15. The van der Waals surface area contributed by atoms with Crippen LogP contribution in [0.4, 0.5) is 0 Å². The third-order valence-electron chi connectivity index (χ3n) is 8.69. The third-order valence-corrected chi connectivity index (χ3v) is 8.69. The maximum absolute atomic E-state index is 12.4. The first kappa shape index (κ1) is 19.2. The zero-order valence-corrected chi connectivity index (χ0v) is 16.0. The summed E-state index contributed by atoms with van der Waals surface area (Å²) >= 11 is 0. The van der Waals surface area contributed by atoms with Crippen LogP contribution in [0.5, 0.6) is 0 Å². The van der Waals surface area contributed by atoms with Crippen LogP contribution < -0.4 is 0 Å². The van der Waals surface area contributed by atoms with Crippen molar-refractivity contribution in [2.24, 2.45) is 28.6 Å². The molecule has 6 heteroatoms. The molecule has 4 N–H and O–H groups in total.